The number of hydrogen-bond donors (Lipinski definition) is 0. The van der Waals surface area contributed by atoms with E-state index in [1.807, 2.05) is 52.1 Å². The summed E-state index contributed by atoms with van der Waals surface area (Å²) in [5.74, 6) is 0.0709. The zero-order valence-electron chi connectivity index (χ0n) is 13.4. The van der Waals surface area contributed by atoms with Crippen LogP contribution in [0.2, 0.25) is 0 Å². The molecule has 4 rings (SSSR count). The standard InChI is InChI=1S/C20H19N3O/c24-20(17-8-10-18(11-9-17)22-14-12-21-15-22)23-13-4-3-6-16-5-1-2-7-19(16)23/h1-2,5,7-12,14-15H,3-4,6,13H2. The number of imidazole rings is 1. The first kappa shape index (κ1) is 14.7. The van der Waals surface area contributed by atoms with E-state index in [-0.39, 0.29) is 5.91 Å². The minimum Gasteiger partial charge on any atom is -0.308 e. The van der Waals surface area contributed by atoms with Crippen molar-refractivity contribution in [3.63, 3.8) is 0 Å². The Bertz CT molecular complexity index is 838. The Labute approximate surface area is 141 Å². The van der Waals surface area contributed by atoms with Crippen molar-refractivity contribution in [3.8, 4) is 5.69 Å². The molecule has 1 amide bonds. The number of aromatic nitrogens is 2. The van der Waals surface area contributed by atoms with Crippen LogP contribution in [-0.4, -0.2) is 22.0 Å². The van der Waals surface area contributed by atoms with Gasteiger partial charge in [-0.25, -0.2) is 4.98 Å². The molecule has 4 nitrogen and oxygen atoms in total. The summed E-state index contributed by atoms with van der Waals surface area (Å²) in [4.78, 5) is 19.0. The van der Waals surface area contributed by atoms with E-state index in [0.717, 1.165) is 42.7 Å². The molecule has 0 saturated heterocycles. The van der Waals surface area contributed by atoms with Crippen LogP contribution in [0.5, 0.6) is 0 Å². The van der Waals surface area contributed by atoms with Crippen LogP contribution in [0.1, 0.15) is 28.8 Å². The van der Waals surface area contributed by atoms with Gasteiger partial charge in [-0.05, 0) is 55.2 Å². The number of carbonyl (C=O) groups is 1. The first-order valence-corrected chi connectivity index (χ1v) is 8.31. The number of hydrogen-bond acceptors (Lipinski definition) is 2. The van der Waals surface area contributed by atoms with Gasteiger partial charge in [0.2, 0.25) is 0 Å². The second kappa shape index (κ2) is 6.32. The van der Waals surface area contributed by atoms with Gasteiger partial charge >= 0.3 is 0 Å². The second-order valence-electron chi connectivity index (χ2n) is 6.06. The SMILES string of the molecule is O=C(c1ccc(-n2ccnc2)cc1)N1CCCCc2ccccc21. The average Bonchev–Trinajstić information content (AvgIpc) is 3.08. The number of aryl methyl sites for hydroxylation is 1. The molecule has 1 aliphatic rings. The van der Waals surface area contributed by atoms with Crippen molar-refractivity contribution in [1.82, 2.24) is 9.55 Å². The van der Waals surface area contributed by atoms with E-state index in [4.69, 9.17) is 0 Å². The summed E-state index contributed by atoms with van der Waals surface area (Å²) in [7, 11) is 0. The summed E-state index contributed by atoms with van der Waals surface area (Å²) in [5.41, 5.74) is 4.04. The van der Waals surface area contributed by atoms with Crippen LogP contribution in [0, 0.1) is 0 Å². The van der Waals surface area contributed by atoms with Gasteiger partial charge < -0.3 is 9.47 Å². The van der Waals surface area contributed by atoms with E-state index in [0.29, 0.717) is 0 Å². The van der Waals surface area contributed by atoms with E-state index in [1.165, 1.54) is 5.56 Å². The fourth-order valence-electron chi connectivity index (χ4n) is 3.25. The maximum atomic E-state index is 13.0. The Morgan fingerprint density at radius 3 is 2.62 bits per heavy atom. The van der Waals surface area contributed by atoms with Crippen molar-refractivity contribution in [2.24, 2.45) is 0 Å². The summed E-state index contributed by atoms with van der Waals surface area (Å²) >= 11 is 0. The summed E-state index contributed by atoms with van der Waals surface area (Å²) in [5, 5.41) is 0. The van der Waals surface area contributed by atoms with Gasteiger partial charge in [0.25, 0.3) is 5.91 Å². The molecular formula is C20H19N3O. The lowest BCUT2D eigenvalue weighted by Gasteiger charge is -2.23. The van der Waals surface area contributed by atoms with Crippen molar-refractivity contribution in [3.05, 3.63) is 78.4 Å². The monoisotopic (exact) mass is 317 g/mol. The van der Waals surface area contributed by atoms with E-state index in [2.05, 4.69) is 17.1 Å². The maximum Gasteiger partial charge on any atom is 0.258 e. The molecule has 2 aromatic carbocycles. The highest BCUT2D eigenvalue weighted by Gasteiger charge is 2.21. The van der Waals surface area contributed by atoms with Crippen LogP contribution in [-0.2, 0) is 6.42 Å². The molecule has 0 fully saturated rings. The Morgan fingerprint density at radius 2 is 1.83 bits per heavy atom. The number of fused-ring (bicyclic) bond motifs is 1. The summed E-state index contributed by atoms with van der Waals surface area (Å²) in [6.45, 7) is 0.777. The van der Waals surface area contributed by atoms with Crippen LogP contribution in [0.25, 0.3) is 5.69 Å². The summed E-state index contributed by atoms with van der Waals surface area (Å²) in [6.07, 6.45) is 8.59. The molecular weight excluding hydrogens is 298 g/mol. The van der Waals surface area contributed by atoms with Crippen molar-refractivity contribution < 1.29 is 4.79 Å². The predicted molar refractivity (Wildman–Crippen MR) is 94.6 cm³/mol. The van der Waals surface area contributed by atoms with Crippen LogP contribution >= 0.6 is 0 Å². The molecule has 0 unspecified atom stereocenters. The van der Waals surface area contributed by atoms with E-state index < -0.39 is 0 Å². The summed E-state index contributed by atoms with van der Waals surface area (Å²) < 4.78 is 1.93. The zero-order chi connectivity index (χ0) is 16.4. The minimum atomic E-state index is 0.0709. The fraction of sp³-hybridized carbons (Fsp3) is 0.200. The lowest BCUT2D eigenvalue weighted by Crippen LogP contribution is -2.31. The Kier molecular flexibility index (Phi) is 3.87. The molecule has 0 bridgehead atoms. The molecule has 0 aliphatic carbocycles. The smallest absolute Gasteiger partial charge is 0.258 e. The maximum absolute atomic E-state index is 13.0. The van der Waals surface area contributed by atoms with Gasteiger partial charge in [-0.2, -0.15) is 0 Å². The highest BCUT2D eigenvalue weighted by molar-refractivity contribution is 6.06. The highest BCUT2D eigenvalue weighted by atomic mass is 16.2. The summed E-state index contributed by atoms with van der Waals surface area (Å²) in [6, 6.07) is 15.9. The topological polar surface area (TPSA) is 38.1 Å². The van der Waals surface area contributed by atoms with Gasteiger partial charge in [-0.1, -0.05) is 18.2 Å². The molecule has 0 atom stereocenters. The number of rotatable bonds is 2. The molecule has 0 spiro atoms. The van der Waals surface area contributed by atoms with Crippen LogP contribution in [0.3, 0.4) is 0 Å². The van der Waals surface area contributed by atoms with Gasteiger partial charge in [0.1, 0.15) is 0 Å². The Morgan fingerprint density at radius 1 is 1.00 bits per heavy atom. The van der Waals surface area contributed by atoms with E-state index in [1.54, 1.807) is 12.5 Å². The molecule has 0 radical (unpaired) electrons. The molecule has 1 aromatic heterocycles. The lowest BCUT2D eigenvalue weighted by atomic mass is 10.1. The van der Waals surface area contributed by atoms with Gasteiger partial charge in [-0.3, -0.25) is 4.79 Å². The first-order valence-electron chi connectivity index (χ1n) is 8.31. The van der Waals surface area contributed by atoms with Gasteiger partial charge in [-0.15, -0.1) is 0 Å². The number of amides is 1. The Hall–Kier alpha value is -2.88. The third kappa shape index (κ3) is 2.71. The van der Waals surface area contributed by atoms with Gasteiger partial charge in [0.15, 0.2) is 0 Å². The fourth-order valence-corrected chi connectivity index (χ4v) is 3.25. The van der Waals surface area contributed by atoms with Crippen LogP contribution in [0.4, 0.5) is 5.69 Å². The van der Waals surface area contributed by atoms with Crippen LogP contribution in [0.15, 0.2) is 67.3 Å². The highest BCUT2D eigenvalue weighted by Crippen LogP contribution is 2.27. The normalized spacial score (nSPS) is 14.1. The number of carbonyl (C=O) groups excluding carboxylic acids is 1. The molecule has 1 aliphatic heterocycles. The molecule has 120 valence electrons. The third-order valence-corrected chi connectivity index (χ3v) is 4.52. The molecule has 0 saturated carbocycles. The number of anilines is 1. The van der Waals surface area contributed by atoms with Crippen LogP contribution < -0.4 is 4.90 Å². The van der Waals surface area contributed by atoms with E-state index >= 15 is 0 Å². The average molecular weight is 317 g/mol. The molecule has 4 heteroatoms. The molecule has 3 aromatic rings. The van der Waals surface area contributed by atoms with Gasteiger partial charge in [0.05, 0.1) is 6.33 Å². The van der Waals surface area contributed by atoms with Crippen molar-refractivity contribution >= 4 is 11.6 Å². The number of nitrogens with zero attached hydrogens (tertiary/aromatic N) is 3. The van der Waals surface area contributed by atoms with E-state index in [9.17, 15) is 4.79 Å². The number of para-hydroxylation sites is 1. The molecule has 24 heavy (non-hydrogen) atoms. The third-order valence-electron chi connectivity index (χ3n) is 4.52. The zero-order valence-corrected chi connectivity index (χ0v) is 13.4. The van der Waals surface area contributed by atoms with Crippen molar-refractivity contribution in [2.75, 3.05) is 11.4 Å². The second-order valence-corrected chi connectivity index (χ2v) is 6.06. The van der Waals surface area contributed by atoms with Gasteiger partial charge in [0, 0.05) is 35.9 Å². The minimum absolute atomic E-state index is 0.0709. The quantitative estimate of drug-likeness (QED) is 0.720. The van der Waals surface area contributed by atoms with Crippen molar-refractivity contribution in [1.29, 1.82) is 0 Å². The predicted octanol–water partition coefficient (Wildman–Crippen LogP) is 3.86. The van der Waals surface area contributed by atoms with Crippen molar-refractivity contribution in [2.45, 2.75) is 19.3 Å². The molecule has 2 heterocycles. The number of benzene rings is 2. The molecule has 0 N–H and O–H groups in total. The first-order chi connectivity index (χ1) is 11.8. The largest absolute Gasteiger partial charge is 0.308 e. The lowest BCUT2D eigenvalue weighted by molar-refractivity contribution is 0.0987. The Balaban J connectivity index is 1.64.